The lowest BCUT2D eigenvalue weighted by Crippen LogP contribution is -2.12. The second kappa shape index (κ2) is 6.68. The van der Waals surface area contributed by atoms with Gasteiger partial charge in [-0.05, 0) is 19.1 Å². The van der Waals surface area contributed by atoms with Crippen LogP contribution in [0.1, 0.15) is 18.8 Å². The fourth-order valence-electron chi connectivity index (χ4n) is 2.65. The Balaban J connectivity index is 1.60. The molecule has 0 bridgehead atoms. The van der Waals surface area contributed by atoms with E-state index in [1.54, 1.807) is 29.5 Å². The van der Waals surface area contributed by atoms with Gasteiger partial charge in [-0.15, -0.1) is 26.6 Å². The highest BCUT2D eigenvalue weighted by atomic mass is 32.1. The van der Waals surface area contributed by atoms with Crippen molar-refractivity contribution in [2.75, 3.05) is 7.11 Å². The van der Waals surface area contributed by atoms with Crippen LogP contribution < -0.4 is 4.74 Å². The number of thiazole rings is 1. The number of hydrogen-bond acceptors (Lipinski definition) is 7. The Hall–Kier alpha value is -3.07. The van der Waals surface area contributed by atoms with Gasteiger partial charge in [-0.2, -0.15) is 0 Å². The fourth-order valence-corrected chi connectivity index (χ4v) is 3.51. The lowest BCUT2D eigenvalue weighted by atomic mass is 10.2. The molecule has 26 heavy (non-hydrogen) atoms. The van der Waals surface area contributed by atoms with Crippen molar-refractivity contribution >= 4 is 11.3 Å². The van der Waals surface area contributed by atoms with Gasteiger partial charge < -0.3 is 9.30 Å². The summed E-state index contributed by atoms with van der Waals surface area (Å²) in [6.45, 7) is 2.01. The average Bonchev–Trinajstić information content (AvgIpc) is 3.41. The van der Waals surface area contributed by atoms with Crippen molar-refractivity contribution in [3.63, 3.8) is 0 Å². The van der Waals surface area contributed by atoms with Crippen LogP contribution in [-0.4, -0.2) is 41.9 Å². The molecule has 9 heteroatoms. The molecule has 3 heterocycles. The number of ether oxygens (including phenoxy) is 1. The summed E-state index contributed by atoms with van der Waals surface area (Å²) in [5.41, 5.74) is 1.80. The third-order valence-corrected chi connectivity index (χ3v) is 5.17. The number of aryl methyl sites for hydroxylation is 1. The first-order chi connectivity index (χ1) is 12.7. The minimum absolute atomic E-state index is 0.0606. The normalized spacial score (nSPS) is 12.3. The molecule has 0 saturated carbocycles. The number of nitrogens with zero attached hydrogens (tertiary/aromatic N) is 7. The predicted molar refractivity (Wildman–Crippen MR) is 97.9 cm³/mol. The van der Waals surface area contributed by atoms with E-state index in [0.29, 0.717) is 0 Å². The molecule has 3 aromatic heterocycles. The van der Waals surface area contributed by atoms with Gasteiger partial charge >= 0.3 is 0 Å². The number of aromatic nitrogens is 7. The minimum Gasteiger partial charge on any atom is -0.497 e. The van der Waals surface area contributed by atoms with E-state index >= 15 is 0 Å². The van der Waals surface area contributed by atoms with Crippen molar-refractivity contribution in [3.05, 3.63) is 48.8 Å². The molecule has 0 unspecified atom stereocenters. The molecule has 0 spiro atoms. The molecule has 0 radical (unpaired) electrons. The van der Waals surface area contributed by atoms with Crippen molar-refractivity contribution in [3.8, 4) is 26.9 Å². The molecular weight excluding hydrogens is 350 g/mol. The quantitative estimate of drug-likeness (QED) is 0.539. The monoisotopic (exact) mass is 367 g/mol. The zero-order valence-electron chi connectivity index (χ0n) is 14.6. The Morgan fingerprint density at radius 3 is 2.88 bits per heavy atom. The van der Waals surface area contributed by atoms with Crippen LogP contribution in [0.25, 0.3) is 21.1 Å². The number of benzene rings is 1. The summed E-state index contributed by atoms with van der Waals surface area (Å²) in [7, 11) is 3.57. The highest BCUT2D eigenvalue weighted by Crippen LogP contribution is 2.32. The van der Waals surface area contributed by atoms with Crippen molar-refractivity contribution in [1.82, 2.24) is 34.7 Å². The first-order valence-electron chi connectivity index (χ1n) is 8.02. The van der Waals surface area contributed by atoms with E-state index < -0.39 is 0 Å². The molecule has 0 N–H and O–H groups in total. The molecule has 0 aliphatic heterocycles. The highest BCUT2D eigenvalue weighted by Gasteiger charge is 2.17. The molecule has 0 aliphatic carbocycles. The third-order valence-electron chi connectivity index (χ3n) is 4.10. The molecule has 0 amide bonds. The van der Waals surface area contributed by atoms with E-state index in [1.807, 2.05) is 55.2 Å². The van der Waals surface area contributed by atoms with Gasteiger partial charge in [-0.3, -0.25) is 0 Å². The lowest BCUT2D eigenvalue weighted by Gasteiger charge is -2.09. The minimum atomic E-state index is -0.0606. The van der Waals surface area contributed by atoms with E-state index in [1.165, 1.54) is 0 Å². The van der Waals surface area contributed by atoms with E-state index in [0.717, 1.165) is 32.7 Å². The van der Waals surface area contributed by atoms with Crippen LogP contribution in [0.3, 0.4) is 0 Å². The summed E-state index contributed by atoms with van der Waals surface area (Å²) in [4.78, 5) is 5.47. The van der Waals surface area contributed by atoms with Crippen LogP contribution in [0.2, 0.25) is 0 Å². The zero-order chi connectivity index (χ0) is 18.1. The molecule has 8 nitrogen and oxygen atoms in total. The van der Waals surface area contributed by atoms with Gasteiger partial charge in [0.15, 0.2) is 5.82 Å². The van der Waals surface area contributed by atoms with Crippen LogP contribution in [0.5, 0.6) is 5.75 Å². The van der Waals surface area contributed by atoms with Gasteiger partial charge in [0, 0.05) is 18.8 Å². The maximum Gasteiger partial charge on any atom is 0.157 e. The summed E-state index contributed by atoms with van der Waals surface area (Å²) in [5.74, 6) is 1.63. The Kier molecular flexibility index (Phi) is 4.21. The smallest absolute Gasteiger partial charge is 0.157 e. The lowest BCUT2D eigenvalue weighted by molar-refractivity contribution is 0.415. The first-order valence-corrected chi connectivity index (χ1v) is 8.83. The maximum atomic E-state index is 5.28. The fraction of sp³-hybridized carbons (Fsp3) is 0.235. The molecule has 1 atom stereocenters. The van der Waals surface area contributed by atoms with Crippen molar-refractivity contribution in [2.24, 2.45) is 7.05 Å². The van der Waals surface area contributed by atoms with Crippen molar-refractivity contribution in [2.45, 2.75) is 13.0 Å². The van der Waals surface area contributed by atoms with Gasteiger partial charge in [-0.25, -0.2) is 9.67 Å². The standard InChI is InChI=1S/C17H17N7OS/c1-11(16-21-19-10-23(16)2)24-9-14(20-22-24)15-8-18-17(26-15)12-5-4-6-13(7-12)25-3/h4-11H,1-3H3/t11-/m1/s1. The second-order valence-electron chi connectivity index (χ2n) is 5.82. The predicted octanol–water partition coefficient (Wildman–Crippen LogP) is 2.82. The molecule has 0 saturated heterocycles. The summed E-state index contributed by atoms with van der Waals surface area (Å²) >= 11 is 1.57. The van der Waals surface area contributed by atoms with E-state index in [-0.39, 0.29) is 6.04 Å². The summed E-state index contributed by atoms with van der Waals surface area (Å²) in [5, 5.41) is 17.5. The molecule has 1 aromatic carbocycles. The number of hydrogen-bond donors (Lipinski definition) is 0. The molecule has 0 fully saturated rings. The average molecular weight is 367 g/mol. The topological polar surface area (TPSA) is 83.5 Å². The highest BCUT2D eigenvalue weighted by molar-refractivity contribution is 7.18. The summed E-state index contributed by atoms with van der Waals surface area (Å²) in [6.07, 6.45) is 5.40. The van der Waals surface area contributed by atoms with Crippen molar-refractivity contribution in [1.29, 1.82) is 0 Å². The van der Waals surface area contributed by atoms with Gasteiger partial charge in [0.1, 0.15) is 28.8 Å². The van der Waals surface area contributed by atoms with Crippen LogP contribution in [0, 0.1) is 0 Å². The molecular formula is C17H17N7OS. The molecule has 4 rings (SSSR count). The van der Waals surface area contributed by atoms with E-state index in [4.69, 9.17) is 4.74 Å². The number of methoxy groups -OCH3 is 1. The molecule has 132 valence electrons. The SMILES string of the molecule is COc1cccc(-c2ncc(-c3cn([C@H](C)c4nncn4C)nn3)s2)c1. The van der Waals surface area contributed by atoms with Crippen LogP contribution in [-0.2, 0) is 7.05 Å². The Morgan fingerprint density at radius 2 is 2.12 bits per heavy atom. The van der Waals surface area contributed by atoms with Gasteiger partial charge in [0.05, 0.1) is 18.2 Å². The van der Waals surface area contributed by atoms with Crippen LogP contribution in [0.15, 0.2) is 43.0 Å². The first kappa shape index (κ1) is 16.4. The van der Waals surface area contributed by atoms with Crippen LogP contribution >= 0.6 is 11.3 Å². The summed E-state index contributed by atoms with van der Waals surface area (Å²) < 4.78 is 8.94. The Bertz CT molecular complexity index is 1040. The van der Waals surface area contributed by atoms with Gasteiger partial charge in [0.2, 0.25) is 0 Å². The Morgan fingerprint density at radius 1 is 1.23 bits per heavy atom. The Labute approximate surface area is 154 Å². The molecule has 4 aromatic rings. The van der Waals surface area contributed by atoms with Gasteiger partial charge in [0.25, 0.3) is 0 Å². The third kappa shape index (κ3) is 2.97. The van der Waals surface area contributed by atoms with Crippen molar-refractivity contribution < 1.29 is 4.74 Å². The number of rotatable bonds is 5. The maximum absolute atomic E-state index is 5.28. The largest absolute Gasteiger partial charge is 0.497 e. The molecule has 0 aliphatic rings. The van der Waals surface area contributed by atoms with Crippen LogP contribution in [0.4, 0.5) is 0 Å². The summed E-state index contributed by atoms with van der Waals surface area (Å²) in [6, 6.07) is 7.79. The van der Waals surface area contributed by atoms with Gasteiger partial charge in [-0.1, -0.05) is 17.3 Å². The van der Waals surface area contributed by atoms with E-state index in [9.17, 15) is 0 Å². The second-order valence-corrected chi connectivity index (χ2v) is 6.85. The zero-order valence-corrected chi connectivity index (χ0v) is 15.4. The van der Waals surface area contributed by atoms with E-state index in [2.05, 4.69) is 25.5 Å².